The van der Waals surface area contributed by atoms with Gasteiger partial charge >= 0.3 is 11.9 Å². The fourth-order valence-electron chi connectivity index (χ4n) is 6.83. The highest BCUT2D eigenvalue weighted by atomic mass is 16.7. The minimum Gasteiger partial charge on any atom is -0.545 e. The van der Waals surface area contributed by atoms with E-state index < -0.39 is 30.3 Å². The van der Waals surface area contributed by atoms with E-state index in [1.807, 2.05) is 33.3 Å². The normalized spacial score (nSPS) is 13.6. The Morgan fingerprint density at radius 3 is 1.25 bits per heavy atom. The van der Waals surface area contributed by atoms with E-state index in [1.54, 1.807) is 0 Å². The monoisotopic (exact) mass is 936 g/mol. The third-order valence-corrected chi connectivity index (χ3v) is 10.8. The van der Waals surface area contributed by atoms with Crippen molar-refractivity contribution in [3.8, 4) is 0 Å². The van der Waals surface area contributed by atoms with Crippen LogP contribution in [-0.2, 0) is 33.3 Å². The van der Waals surface area contributed by atoms with Crippen molar-refractivity contribution in [1.29, 1.82) is 0 Å². The minimum atomic E-state index is -1.64. The molecule has 9 heteroatoms. The van der Waals surface area contributed by atoms with Crippen LogP contribution in [0.25, 0.3) is 0 Å². The summed E-state index contributed by atoms with van der Waals surface area (Å²) in [5.41, 5.74) is 0. The number of rotatable bonds is 47. The number of aliphatic carboxylic acids is 1. The summed E-state index contributed by atoms with van der Waals surface area (Å²) in [6.45, 7) is 4.42. The van der Waals surface area contributed by atoms with Crippen molar-refractivity contribution < 1.29 is 42.9 Å². The Morgan fingerprint density at radius 2 is 0.836 bits per heavy atom. The summed E-state index contributed by atoms with van der Waals surface area (Å²) in [4.78, 5) is 37.1. The molecule has 0 aromatic heterocycles. The summed E-state index contributed by atoms with van der Waals surface area (Å²) in [6.07, 6.45) is 62.0. The summed E-state index contributed by atoms with van der Waals surface area (Å²) in [5, 5.41) is 11.7. The largest absolute Gasteiger partial charge is 0.545 e. The summed E-state index contributed by atoms with van der Waals surface area (Å²) < 4.78 is 22.5. The average Bonchev–Trinajstić information content (AvgIpc) is 3.29. The van der Waals surface area contributed by atoms with Gasteiger partial charge in [-0.3, -0.25) is 9.59 Å². The topological polar surface area (TPSA) is 111 Å². The van der Waals surface area contributed by atoms with Gasteiger partial charge in [-0.1, -0.05) is 201 Å². The summed E-state index contributed by atoms with van der Waals surface area (Å²) >= 11 is 0. The first-order valence-corrected chi connectivity index (χ1v) is 26.4. The molecule has 9 nitrogen and oxygen atoms in total. The number of likely N-dealkylation sites (N-methyl/N-ethyl adjacent to an activating group) is 1. The zero-order chi connectivity index (χ0) is 49.2. The first kappa shape index (κ1) is 63.2. The molecule has 0 aromatic rings. The molecule has 0 radical (unpaired) electrons. The van der Waals surface area contributed by atoms with E-state index in [2.05, 4.69) is 98.9 Å². The standard InChI is InChI=1S/C58H97NO8/c1-6-8-10-12-14-16-18-20-21-22-23-24-25-26-27-28-29-30-31-32-33-34-35-37-39-41-43-45-47-49-56(61)67-54(53-66-58(57(62)63)64-51-50-59(3,4)5)52-65-55(60)48-46-44-42-40-38-36-19-17-15-13-11-9-7-2/h8-11,14-17,20-21,23-24,36,38,42,44,54,58H,6-7,12-13,18-19,22,25-35,37,39-41,43,45-53H2,1-5H3/b10-8-,11-9-,16-14-,17-15-,21-20-,24-23-,38-36-,44-42-. The molecule has 382 valence electrons. The molecule has 0 aliphatic rings. The number of carbonyl (C=O) groups excluding carboxylic acids is 3. The zero-order valence-electron chi connectivity index (χ0n) is 43.2. The van der Waals surface area contributed by atoms with Gasteiger partial charge in [-0.05, 0) is 77.0 Å². The van der Waals surface area contributed by atoms with Crippen LogP contribution in [0, 0.1) is 0 Å². The molecule has 2 atom stereocenters. The van der Waals surface area contributed by atoms with Gasteiger partial charge in [-0.15, -0.1) is 0 Å². The molecule has 0 aliphatic carbocycles. The van der Waals surface area contributed by atoms with E-state index >= 15 is 0 Å². The van der Waals surface area contributed by atoms with Crippen molar-refractivity contribution in [1.82, 2.24) is 0 Å². The lowest BCUT2D eigenvalue weighted by Gasteiger charge is -2.26. The van der Waals surface area contributed by atoms with Gasteiger partial charge in [0.2, 0.25) is 0 Å². The molecule has 67 heavy (non-hydrogen) atoms. The van der Waals surface area contributed by atoms with Crippen molar-refractivity contribution in [3.63, 3.8) is 0 Å². The smallest absolute Gasteiger partial charge is 0.306 e. The number of hydrogen-bond donors (Lipinski definition) is 0. The van der Waals surface area contributed by atoms with E-state index in [1.165, 1.54) is 83.5 Å². The summed E-state index contributed by atoms with van der Waals surface area (Å²) in [7, 11) is 5.89. The molecule has 0 bridgehead atoms. The first-order valence-electron chi connectivity index (χ1n) is 26.4. The van der Waals surface area contributed by atoms with Gasteiger partial charge in [-0.2, -0.15) is 0 Å². The molecule has 0 fully saturated rings. The zero-order valence-corrected chi connectivity index (χ0v) is 43.2. The number of carboxylic acid groups (broad SMARTS) is 1. The van der Waals surface area contributed by atoms with Crippen molar-refractivity contribution in [2.24, 2.45) is 0 Å². The highest BCUT2D eigenvalue weighted by Crippen LogP contribution is 2.15. The predicted molar refractivity (Wildman–Crippen MR) is 278 cm³/mol. The van der Waals surface area contributed by atoms with Gasteiger partial charge < -0.3 is 33.3 Å². The van der Waals surface area contributed by atoms with E-state index in [0.29, 0.717) is 23.9 Å². The highest BCUT2D eigenvalue weighted by Gasteiger charge is 2.21. The van der Waals surface area contributed by atoms with E-state index in [0.717, 1.165) is 70.6 Å². The van der Waals surface area contributed by atoms with Crippen LogP contribution in [-0.4, -0.2) is 82.3 Å². The van der Waals surface area contributed by atoms with Crippen LogP contribution in [0.1, 0.15) is 194 Å². The molecule has 0 spiro atoms. The Hall–Kier alpha value is -3.79. The number of ether oxygens (including phenoxy) is 4. The second kappa shape index (κ2) is 48.7. The van der Waals surface area contributed by atoms with Crippen LogP contribution in [0.3, 0.4) is 0 Å². The average molecular weight is 936 g/mol. The number of nitrogens with zero attached hydrogens (tertiary/aromatic N) is 1. The third kappa shape index (κ3) is 49.9. The van der Waals surface area contributed by atoms with Gasteiger partial charge in [0.15, 0.2) is 12.4 Å². The predicted octanol–water partition coefficient (Wildman–Crippen LogP) is 13.7. The second-order valence-electron chi connectivity index (χ2n) is 18.4. The van der Waals surface area contributed by atoms with Gasteiger partial charge in [-0.25, -0.2) is 0 Å². The molecule has 0 saturated heterocycles. The Labute approximate surface area is 410 Å². The fourth-order valence-corrected chi connectivity index (χ4v) is 6.83. The van der Waals surface area contributed by atoms with Crippen LogP contribution in [0.4, 0.5) is 0 Å². The summed E-state index contributed by atoms with van der Waals surface area (Å²) in [5.74, 6) is -2.40. The van der Waals surface area contributed by atoms with E-state index in [4.69, 9.17) is 18.9 Å². The molecule has 0 heterocycles. The van der Waals surface area contributed by atoms with Crippen LogP contribution in [0.5, 0.6) is 0 Å². The number of carboxylic acids is 1. The van der Waals surface area contributed by atoms with Crippen molar-refractivity contribution in [3.05, 3.63) is 97.2 Å². The van der Waals surface area contributed by atoms with Crippen LogP contribution in [0.2, 0.25) is 0 Å². The first-order chi connectivity index (χ1) is 32.6. The number of hydrogen-bond acceptors (Lipinski definition) is 8. The maximum Gasteiger partial charge on any atom is 0.306 e. The van der Waals surface area contributed by atoms with Crippen molar-refractivity contribution in [2.45, 2.75) is 206 Å². The van der Waals surface area contributed by atoms with Gasteiger partial charge in [0.05, 0.1) is 40.3 Å². The fraction of sp³-hybridized carbons (Fsp3) is 0.672. The van der Waals surface area contributed by atoms with Crippen LogP contribution >= 0.6 is 0 Å². The molecule has 0 aliphatic heterocycles. The number of allylic oxidation sites excluding steroid dienone is 16. The molecule has 2 unspecified atom stereocenters. The van der Waals surface area contributed by atoms with Gasteiger partial charge in [0, 0.05) is 12.8 Å². The highest BCUT2D eigenvalue weighted by molar-refractivity contribution is 5.70. The molecule has 0 saturated carbocycles. The number of esters is 2. The molecule has 0 amide bonds. The SMILES string of the molecule is CC/C=C\C/C=C\C/C=C\C/C=C\CCCCCCCCCCCCCCCCCCC(=O)OC(COC(=O)CC/C=C\C/C=C\C/C=C\C/C=C\CC)COC(OCC[N+](C)(C)C)C(=O)[O-]. The van der Waals surface area contributed by atoms with Crippen molar-refractivity contribution in [2.75, 3.05) is 47.5 Å². The van der Waals surface area contributed by atoms with E-state index in [9.17, 15) is 19.5 Å². The van der Waals surface area contributed by atoms with Crippen molar-refractivity contribution >= 4 is 17.9 Å². The quantitative estimate of drug-likeness (QED) is 0.0195. The maximum absolute atomic E-state index is 12.8. The van der Waals surface area contributed by atoms with E-state index in [-0.39, 0.29) is 32.7 Å². The Morgan fingerprint density at radius 1 is 0.448 bits per heavy atom. The lowest BCUT2D eigenvalue weighted by molar-refractivity contribution is -0.870. The molecular weight excluding hydrogens is 839 g/mol. The van der Waals surface area contributed by atoms with Crippen LogP contribution in [0.15, 0.2) is 97.2 Å². The van der Waals surface area contributed by atoms with Crippen LogP contribution < -0.4 is 5.11 Å². The molecule has 0 N–H and O–H groups in total. The molecule has 0 aromatic carbocycles. The Balaban J connectivity index is 4.24. The number of carbonyl (C=O) groups is 3. The molecule has 0 rings (SSSR count). The van der Waals surface area contributed by atoms with Gasteiger partial charge in [0.25, 0.3) is 0 Å². The Kier molecular flexibility index (Phi) is 45.9. The number of quaternary nitrogens is 1. The second-order valence-corrected chi connectivity index (χ2v) is 18.4. The minimum absolute atomic E-state index is 0.133. The maximum atomic E-state index is 12.8. The number of unbranched alkanes of at least 4 members (excludes halogenated alkanes) is 16. The lowest BCUT2D eigenvalue weighted by Crippen LogP contribution is -2.44. The Bertz CT molecular complexity index is 1420. The summed E-state index contributed by atoms with van der Waals surface area (Å²) in [6, 6.07) is 0. The molecular formula is C58H97NO8. The third-order valence-electron chi connectivity index (χ3n) is 10.8. The van der Waals surface area contributed by atoms with Gasteiger partial charge in [0.1, 0.15) is 13.2 Å². The lowest BCUT2D eigenvalue weighted by atomic mass is 10.0.